The lowest BCUT2D eigenvalue weighted by Crippen LogP contribution is -2.14. The van der Waals surface area contributed by atoms with Gasteiger partial charge in [0.05, 0.1) is 6.10 Å². The van der Waals surface area contributed by atoms with Crippen molar-refractivity contribution in [2.45, 2.75) is 31.8 Å². The van der Waals surface area contributed by atoms with E-state index in [4.69, 9.17) is 0 Å². The number of rotatable bonds is 2. The Hall–Kier alpha value is -1.80. The summed E-state index contributed by atoms with van der Waals surface area (Å²) < 4.78 is 0. The van der Waals surface area contributed by atoms with E-state index in [2.05, 4.69) is 12.1 Å². The SMILES string of the molecule is Oc1ccc(CC2CCCc3ccccc3C2O)cc1. The first-order valence-corrected chi connectivity index (χ1v) is 7.28. The predicted molar refractivity (Wildman–Crippen MR) is 79.6 cm³/mol. The molecule has 0 saturated carbocycles. The van der Waals surface area contributed by atoms with Gasteiger partial charge in [0.2, 0.25) is 0 Å². The average molecular weight is 268 g/mol. The van der Waals surface area contributed by atoms with Crippen molar-refractivity contribution in [1.82, 2.24) is 0 Å². The lowest BCUT2D eigenvalue weighted by atomic mass is 9.88. The standard InChI is InChI=1S/C18H20O2/c19-16-10-8-13(9-11-16)12-15-6-3-5-14-4-1-2-7-17(14)18(15)20/h1-2,4,7-11,15,18-20H,3,5-6,12H2. The van der Waals surface area contributed by atoms with Gasteiger partial charge in [-0.1, -0.05) is 36.4 Å². The van der Waals surface area contributed by atoms with Crippen molar-refractivity contribution in [2.24, 2.45) is 5.92 Å². The van der Waals surface area contributed by atoms with Crippen LogP contribution < -0.4 is 0 Å². The minimum Gasteiger partial charge on any atom is -0.508 e. The highest BCUT2D eigenvalue weighted by Gasteiger charge is 2.25. The molecule has 2 N–H and O–H groups in total. The molecule has 2 unspecified atom stereocenters. The number of hydrogen-bond donors (Lipinski definition) is 2. The van der Waals surface area contributed by atoms with E-state index in [0.29, 0.717) is 5.75 Å². The third-order valence-corrected chi connectivity index (χ3v) is 4.28. The molecule has 0 bridgehead atoms. The number of fused-ring (bicyclic) bond motifs is 1. The van der Waals surface area contributed by atoms with Crippen molar-refractivity contribution in [3.63, 3.8) is 0 Å². The van der Waals surface area contributed by atoms with Crippen LogP contribution in [0.3, 0.4) is 0 Å². The van der Waals surface area contributed by atoms with Gasteiger partial charge in [0.1, 0.15) is 5.75 Å². The zero-order chi connectivity index (χ0) is 13.9. The molecule has 0 radical (unpaired) electrons. The normalized spacial score (nSPS) is 22.1. The van der Waals surface area contributed by atoms with Crippen LogP contribution in [0.1, 0.15) is 35.6 Å². The van der Waals surface area contributed by atoms with Crippen LogP contribution in [-0.4, -0.2) is 10.2 Å². The lowest BCUT2D eigenvalue weighted by Gasteiger charge is -2.22. The molecule has 0 saturated heterocycles. The Morgan fingerprint density at radius 1 is 1.00 bits per heavy atom. The maximum absolute atomic E-state index is 10.7. The van der Waals surface area contributed by atoms with E-state index >= 15 is 0 Å². The summed E-state index contributed by atoms with van der Waals surface area (Å²) in [7, 11) is 0. The van der Waals surface area contributed by atoms with Gasteiger partial charge in [0.15, 0.2) is 0 Å². The second kappa shape index (κ2) is 5.68. The number of aromatic hydroxyl groups is 1. The van der Waals surface area contributed by atoms with E-state index < -0.39 is 0 Å². The molecule has 3 rings (SSSR count). The Morgan fingerprint density at radius 3 is 2.55 bits per heavy atom. The first-order chi connectivity index (χ1) is 9.74. The van der Waals surface area contributed by atoms with Gasteiger partial charge >= 0.3 is 0 Å². The van der Waals surface area contributed by atoms with Gasteiger partial charge in [0.25, 0.3) is 0 Å². The van der Waals surface area contributed by atoms with Crippen molar-refractivity contribution in [3.8, 4) is 5.75 Å². The predicted octanol–water partition coefficient (Wildman–Crippen LogP) is 3.62. The summed E-state index contributed by atoms with van der Waals surface area (Å²) in [6.45, 7) is 0. The fourth-order valence-corrected chi connectivity index (χ4v) is 3.17. The summed E-state index contributed by atoms with van der Waals surface area (Å²) >= 11 is 0. The zero-order valence-corrected chi connectivity index (χ0v) is 11.5. The lowest BCUT2D eigenvalue weighted by molar-refractivity contribution is 0.105. The van der Waals surface area contributed by atoms with E-state index in [1.54, 1.807) is 12.1 Å². The van der Waals surface area contributed by atoms with Crippen molar-refractivity contribution < 1.29 is 10.2 Å². The highest BCUT2D eigenvalue weighted by Crippen LogP contribution is 2.35. The molecule has 0 heterocycles. The Labute approximate surface area is 119 Å². The van der Waals surface area contributed by atoms with Crippen LogP contribution in [0.2, 0.25) is 0 Å². The highest BCUT2D eigenvalue weighted by molar-refractivity contribution is 5.32. The topological polar surface area (TPSA) is 40.5 Å². The first kappa shape index (κ1) is 13.2. The number of aryl methyl sites for hydroxylation is 1. The summed E-state index contributed by atoms with van der Waals surface area (Å²) in [5.41, 5.74) is 3.55. The van der Waals surface area contributed by atoms with E-state index in [1.165, 1.54) is 11.1 Å². The maximum atomic E-state index is 10.7. The molecule has 2 heteroatoms. The average Bonchev–Trinajstić information content (AvgIpc) is 2.62. The molecule has 104 valence electrons. The van der Waals surface area contributed by atoms with Gasteiger partial charge in [-0.25, -0.2) is 0 Å². The number of hydrogen-bond acceptors (Lipinski definition) is 2. The molecule has 2 nitrogen and oxygen atoms in total. The Kier molecular flexibility index (Phi) is 3.75. The van der Waals surface area contributed by atoms with E-state index in [9.17, 15) is 10.2 Å². The molecule has 0 fully saturated rings. The minimum atomic E-state index is -0.387. The number of aliphatic hydroxyl groups excluding tert-OH is 1. The minimum absolute atomic E-state index is 0.253. The summed E-state index contributed by atoms with van der Waals surface area (Å²) in [4.78, 5) is 0. The molecule has 2 aromatic rings. The molecule has 0 aliphatic heterocycles. The van der Waals surface area contributed by atoms with Crippen LogP contribution >= 0.6 is 0 Å². The first-order valence-electron chi connectivity index (χ1n) is 7.28. The maximum Gasteiger partial charge on any atom is 0.115 e. The van der Waals surface area contributed by atoms with Gasteiger partial charge in [-0.05, 0) is 60.4 Å². The van der Waals surface area contributed by atoms with Crippen molar-refractivity contribution in [2.75, 3.05) is 0 Å². The number of phenolic OH excluding ortho intramolecular Hbond substituents is 1. The smallest absolute Gasteiger partial charge is 0.115 e. The molecular formula is C18H20O2. The summed E-state index contributed by atoms with van der Waals surface area (Å²) in [5, 5.41) is 20.0. The fraction of sp³-hybridized carbons (Fsp3) is 0.333. The van der Waals surface area contributed by atoms with Crippen molar-refractivity contribution in [3.05, 3.63) is 65.2 Å². The van der Waals surface area contributed by atoms with Crippen molar-refractivity contribution in [1.29, 1.82) is 0 Å². The zero-order valence-electron chi connectivity index (χ0n) is 11.5. The second-order valence-electron chi connectivity index (χ2n) is 5.67. The molecule has 0 aromatic heterocycles. The molecule has 2 aromatic carbocycles. The van der Waals surface area contributed by atoms with Crippen molar-refractivity contribution >= 4 is 0 Å². The summed E-state index contributed by atoms with van der Waals surface area (Å²) in [6.07, 6.45) is 3.69. The summed E-state index contributed by atoms with van der Waals surface area (Å²) in [6, 6.07) is 15.5. The van der Waals surface area contributed by atoms with E-state index in [1.807, 2.05) is 24.3 Å². The van der Waals surface area contributed by atoms with Crippen LogP contribution in [0.25, 0.3) is 0 Å². The molecule has 20 heavy (non-hydrogen) atoms. The van der Waals surface area contributed by atoms with Gasteiger partial charge in [-0.3, -0.25) is 0 Å². The van der Waals surface area contributed by atoms with Gasteiger partial charge in [-0.2, -0.15) is 0 Å². The number of phenols is 1. The van der Waals surface area contributed by atoms with Crippen LogP contribution in [0, 0.1) is 5.92 Å². The van der Waals surface area contributed by atoms with E-state index in [-0.39, 0.29) is 12.0 Å². The largest absolute Gasteiger partial charge is 0.508 e. The monoisotopic (exact) mass is 268 g/mol. The number of aliphatic hydroxyl groups is 1. The number of benzene rings is 2. The highest BCUT2D eigenvalue weighted by atomic mass is 16.3. The quantitative estimate of drug-likeness (QED) is 0.817. The van der Waals surface area contributed by atoms with Gasteiger partial charge in [-0.15, -0.1) is 0 Å². The molecule has 0 spiro atoms. The molecule has 0 amide bonds. The third kappa shape index (κ3) is 2.70. The fourth-order valence-electron chi connectivity index (χ4n) is 3.17. The van der Waals surface area contributed by atoms with E-state index in [0.717, 1.165) is 31.2 Å². The molecule has 1 aliphatic rings. The van der Waals surface area contributed by atoms with Crippen LogP contribution in [0.5, 0.6) is 5.75 Å². The van der Waals surface area contributed by atoms with Crippen LogP contribution in [-0.2, 0) is 12.8 Å². The third-order valence-electron chi connectivity index (χ3n) is 4.28. The van der Waals surface area contributed by atoms with Crippen LogP contribution in [0.15, 0.2) is 48.5 Å². The second-order valence-corrected chi connectivity index (χ2v) is 5.67. The van der Waals surface area contributed by atoms with Gasteiger partial charge in [0, 0.05) is 0 Å². The Balaban J connectivity index is 1.82. The molecular weight excluding hydrogens is 248 g/mol. The Morgan fingerprint density at radius 2 is 1.75 bits per heavy atom. The molecule has 2 atom stereocenters. The molecule has 1 aliphatic carbocycles. The summed E-state index contributed by atoms with van der Waals surface area (Å²) in [5.74, 6) is 0.545. The Bertz CT molecular complexity index is 574. The van der Waals surface area contributed by atoms with Gasteiger partial charge < -0.3 is 10.2 Å². The van der Waals surface area contributed by atoms with Crippen LogP contribution in [0.4, 0.5) is 0 Å².